The molecule has 1 saturated heterocycles. The molecule has 30 heavy (non-hydrogen) atoms. The van der Waals surface area contributed by atoms with E-state index in [0.29, 0.717) is 19.4 Å². The smallest absolute Gasteiger partial charge is 0.328 e. The van der Waals surface area contributed by atoms with Crippen LogP contribution in [-0.4, -0.2) is 76.1 Å². The van der Waals surface area contributed by atoms with Crippen LogP contribution in [0.1, 0.15) is 25.3 Å². The third-order valence-corrected chi connectivity index (χ3v) is 4.99. The van der Waals surface area contributed by atoms with Crippen LogP contribution in [-0.2, 0) is 25.6 Å². The van der Waals surface area contributed by atoms with Crippen molar-refractivity contribution >= 4 is 23.7 Å². The molecule has 164 valence electrons. The number of aliphatic hydroxyl groups excluding tert-OH is 1. The molecule has 1 fully saturated rings. The topological polar surface area (TPSA) is 162 Å². The van der Waals surface area contributed by atoms with Gasteiger partial charge in [0.05, 0.1) is 12.6 Å². The van der Waals surface area contributed by atoms with Crippen LogP contribution in [0, 0.1) is 0 Å². The van der Waals surface area contributed by atoms with Crippen LogP contribution in [0.2, 0.25) is 0 Å². The first-order chi connectivity index (χ1) is 14.2. The number of carbonyl (C=O) groups is 4. The molecule has 1 heterocycles. The summed E-state index contributed by atoms with van der Waals surface area (Å²) in [5.41, 5.74) is 6.20. The lowest BCUT2D eigenvalue weighted by Crippen LogP contribution is -2.57. The number of aliphatic carboxylic acids is 1. The summed E-state index contributed by atoms with van der Waals surface area (Å²) in [5, 5.41) is 23.7. The number of benzene rings is 1. The number of hydrogen-bond donors (Lipinski definition) is 5. The fraction of sp³-hybridized carbons (Fsp3) is 0.500. The summed E-state index contributed by atoms with van der Waals surface area (Å²) in [7, 11) is 0. The molecule has 1 aliphatic rings. The summed E-state index contributed by atoms with van der Waals surface area (Å²) >= 11 is 0. The number of hydrogen-bond acceptors (Lipinski definition) is 6. The second-order valence-corrected chi connectivity index (χ2v) is 7.27. The van der Waals surface area contributed by atoms with Crippen molar-refractivity contribution in [1.82, 2.24) is 15.5 Å². The van der Waals surface area contributed by atoms with Crippen molar-refractivity contribution in [3.8, 4) is 0 Å². The highest BCUT2D eigenvalue weighted by Crippen LogP contribution is 2.20. The number of carboxylic acid groups (broad SMARTS) is 1. The Hall–Kier alpha value is -2.98. The van der Waals surface area contributed by atoms with Crippen LogP contribution in [0.15, 0.2) is 30.3 Å². The second-order valence-electron chi connectivity index (χ2n) is 7.27. The SMILES string of the molecule is CC(O)C(NC(=O)C1CCCN1C(=O)C(Cc1ccccc1)NC(=O)CN)C(=O)O. The van der Waals surface area contributed by atoms with E-state index in [-0.39, 0.29) is 13.0 Å². The molecule has 6 N–H and O–H groups in total. The molecule has 10 heteroatoms. The maximum absolute atomic E-state index is 13.2. The van der Waals surface area contributed by atoms with E-state index >= 15 is 0 Å². The maximum Gasteiger partial charge on any atom is 0.328 e. The first-order valence-electron chi connectivity index (χ1n) is 9.79. The number of likely N-dealkylation sites (tertiary alicyclic amines) is 1. The quantitative estimate of drug-likeness (QED) is 0.329. The lowest BCUT2D eigenvalue weighted by Gasteiger charge is -2.30. The normalized spacial score (nSPS) is 18.9. The van der Waals surface area contributed by atoms with Crippen molar-refractivity contribution in [2.45, 2.75) is 50.4 Å². The Kier molecular flexibility index (Phi) is 8.31. The Bertz CT molecular complexity index is 770. The molecule has 1 aliphatic heterocycles. The van der Waals surface area contributed by atoms with Gasteiger partial charge in [-0.3, -0.25) is 14.4 Å². The van der Waals surface area contributed by atoms with Crippen LogP contribution in [0.4, 0.5) is 0 Å². The molecule has 0 spiro atoms. The molecule has 1 aromatic carbocycles. The fourth-order valence-electron chi connectivity index (χ4n) is 3.44. The van der Waals surface area contributed by atoms with Crippen LogP contribution in [0.3, 0.4) is 0 Å². The van der Waals surface area contributed by atoms with Gasteiger partial charge in [0.2, 0.25) is 17.7 Å². The van der Waals surface area contributed by atoms with E-state index in [1.165, 1.54) is 11.8 Å². The number of nitrogens with one attached hydrogen (secondary N) is 2. The second kappa shape index (κ2) is 10.7. The van der Waals surface area contributed by atoms with Crippen LogP contribution < -0.4 is 16.4 Å². The summed E-state index contributed by atoms with van der Waals surface area (Å²) in [6, 6.07) is 5.83. The van der Waals surface area contributed by atoms with E-state index in [2.05, 4.69) is 10.6 Å². The first kappa shape index (κ1) is 23.3. The monoisotopic (exact) mass is 420 g/mol. The van der Waals surface area contributed by atoms with Crippen molar-refractivity contribution < 1.29 is 29.4 Å². The van der Waals surface area contributed by atoms with Gasteiger partial charge >= 0.3 is 5.97 Å². The van der Waals surface area contributed by atoms with Gasteiger partial charge in [0.1, 0.15) is 12.1 Å². The van der Waals surface area contributed by atoms with Crippen molar-refractivity contribution in [2.24, 2.45) is 5.73 Å². The predicted molar refractivity (Wildman–Crippen MR) is 107 cm³/mol. The molecule has 0 radical (unpaired) electrons. The van der Waals surface area contributed by atoms with E-state index in [4.69, 9.17) is 5.73 Å². The number of nitrogens with two attached hydrogens (primary N) is 1. The molecule has 10 nitrogen and oxygen atoms in total. The van der Waals surface area contributed by atoms with Crippen molar-refractivity contribution in [2.75, 3.05) is 13.1 Å². The Morgan fingerprint density at radius 2 is 1.87 bits per heavy atom. The van der Waals surface area contributed by atoms with E-state index in [0.717, 1.165) is 5.56 Å². The molecular weight excluding hydrogens is 392 g/mol. The minimum Gasteiger partial charge on any atom is -0.480 e. The number of carbonyl (C=O) groups excluding carboxylic acids is 3. The number of aliphatic hydroxyl groups is 1. The lowest BCUT2D eigenvalue weighted by molar-refractivity contribution is -0.147. The molecule has 3 amide bonds. The minimum atomic E-state index is -1.48. The third-order valence-electron chi connectivity index (χ3n) is 4.99. The highest BCUT2D eigenvalue weighted by Gasteiger charge is 2.39. The van der Waals surface area contributed by atoms with Gasteiger partial charge in [0.15, 0.2) is 6.04 Å². The highest BCUT2D eigenvalue weighted by atomic mass is 16.4. The lowest BCUT2D eigenvalue weighted by atomic mass is 10.0. The van der Waals surface area contributed by atoms with E-state index in [1.54, 1.807) is 0 Å². The third kappa shape index (κ3) is 6.01. The Morgan fingerprint density at radius 1 is 1.20 bits per heavy atom. The van der Waals surface area contributed by atoms with Gasteiger partial charge in [-0.2, -0.15) is 0 Å². The zero-order valence-corrected chi connectivity index (χ0v) is 16.8. The molecule has 2 rings (SSSR count). The van der Waals surface area contributed by atoms with Gasteiger partial charge in [-0.15, -0.1) is 0 Å². The number of rotatable bonds is 9. The van der Waals surface area contributed by atoms with Gasteiger partial charge < -0.3 is 31.5 Å². The van der Waals surface area contributed by atoms with E-state index in [1.807, 2.05) is 30.3 Å². The van der Waals surface area contributed by atoms with Crippen molar-refractivity contribution in [1.29, 1.82) is 0 Å². The maximum atomic E-state index is 13.2. The molecule has 0 bridgehead atoms. The minimum absolute atomic E-state index is 0.224. The molecule has 4 atom stereocenters. The Labute approximate surface area is 174 Å². The average molecular weight is 420 g/mol. The van der Waals surface area contributed by atoms with Crippen molar-refractivity contribution in [3.05, 3.63) is 35.9 Å². The summed E-state index contributed by atoms with van der Waals surface area (Å²) < 4.78 is 0. The van der Waals surface area contributed by atoms with Gasteiger partial charge in [0.25, 0.3) is 0 Å². The van der Waals surface area contributed by atoms with Crippen molar-refractivity contribution in [3.63, 3.8) is 0 Å². The highest BCUT2D eigenvalue weighted by molar-refractivity contribution is 5.94. The Morgan fingerprint density at radius 3 is 2.43 bits per heavy atom. The summed E-state index contributed by atoms with van der Waals surface area (Å²) in [5.74, 6) is -2.96. The molecule has 1 aromatic rings. The van der Waals surface area contributed by atoms with Gasteiger partial charge in [-0.25, -0.2) is 4.79 Å². The molecule has 4 unspecified atom stereocenters. The van der Waals surface area contributed by atoms with Gasteiger partial charge in [-0.05, 0) is 25.3 Å². The fourth-order valence-corrected chi connectivity index (χ4v) is 3.44. The molecule has 0 saturated carbocycles. The molecule has 0 aliphatic carbocycles. The van der Waals surface area contributed by atoms with Crippen LogP contribution in [0.5, 0.6) is 0 Å². The molecule has 0 aromatic heterocycles. The average Bonchev–Trinajstić information content (AvgIpc) is 3.21. The molecular formula is C20H28N4O6. The Balaban J connectivity index is 2.17. The summed E-state index contributed by atoms with van der Waals surface area (Å²) in [6.07, 6.45) is -0.167. The first-order valence-corrected chi connectivity index (χ1v) is 9.79. The van der Waals surface area contributed by atoms with Gasteiger partial charge in [0, 0.05) is 13.0 Å². The van der Waals surface area contributed by atoms with Crippen LogP contribution in [0.25, 0.3) is 0 Å². The number of amides is 3. The van der Waals surface area contributed by atoms with Gasteiger partial charge in [-0.1, -0.05) is 30.3 Å². The number of nitrogens with zero attached hydrogens (tertiary/aromatic N) is 1. The van der Waals surface area contributed by atoms with Crippen LogP contribution >= 0.6 is 0 Å². The zero-order chi connectivity index (χ0) is 22.3. The van der Waals surface area contributed by atoms with E-state index < -0.39 is 47.9 Å². The van der Waals surface area contributed by atoms with E-state index in [9.17, 15) is 29.4 Å². The predicted octanol–water partition coefficient (Wildman–Crippen LogP) is -1.39. The zero-order valence-electron chi connectivity index (χ0n) is 16.8. The summed E-state index contributed by atoms with van der Waals surface area (Å²) in [6.45, 7) is 1.28. The number of carboxylic acids is 1. The largest absolute Gasteiger partial charge is 0.480 e. The standard InChI is InChI=1S/C20H28N4O6/c1-12(25)17(20(29)30)23-18(27)15-8-5-9-24(15)19(28)14(22-16(26)11-21)10-13-6-3-2-4-7-13/h2-4,6-7,12,14-15,17,25H,5,8-11,21H2,1H3,(H,22,26)(H,23,27)(H,29,30). The summed E-state index contributed by atoms with van der Waals surface area (Å²) in [4.78, 5) is 50.3.